The average molecular weight is 572 g/mol. The molecule has 42 heavy (non-hydrogen) atoms. The minimum Gasteiger partial charge on any atom is -0.489 e. The molecule has 14 nitrogen and oxygen atoms in total. The zero-order chi connectivity index (χ0) is 28.8. The summed E-state index contributed by atoms with van der Waals surface area (Å²) in [4.78, 5) is 32.8. The molecule has 3 aromatic heterocycles. The van der Waals surface area contributed by atoms with Crippen LogP contribution in [0.3, 0.4) is 0 Å². The van der Waals surface area contributed by atoms with E-state index in [0.29, 0.717) is 48.8 Å². The summed E-state index contributed by atoms with van der Waals surface area (Å²) in [6.45, 7) is 2.05. The number of piperidine rings is 1. The number of ether oxygens (including phenoxy) is 2. The molecule has 14 heteroatoms. The lowest BCUT2D eigenvalue weighted by molar-refractivity contribution is 0.0898. The fraction of sp³-hybridized carbons (Fsp3) is 0.571. The van der Waals surface area contributed by atoms with Gasteiger partial charge in [-0.2, -0.15) is 20.2 Å². The lowest BCUT2D eigenvalue weighted by Crippen LogP contribution is -2.43. The van der Waals surface area contributed by atoms with Crippen molar-refractivity contribution in [1.29, 1.82) is 5.26 Å². The molecule has 0 radical (unpaired) electrons. The number of rotatable bonds is 10. The molecule has 0 spiro atoms. The molecule has 4 fully saturated rings. The number of nitrogens with one attached hydrogen (secondary N) is 1. The van der Waals surface area contributed by atoms with Crippen LogP contribution in [0.4, 0.5) is 11.8 Å². The summed E-state index contributed by atoms with van der Waals surface area (Å²) in [5.74, 6) is 2.65. The summed E-state index contributed by atoms with van der Waals surface area (Å²) in [5, 5.41) is 20.6. The van der Waals surface area contributed by atoms with Gasteiger partial charge in [0.05, 0.1) is 24.3 Å². The molecule has 3 aromatic rings. The third kappa shape index (κ3) is 5.38. The molecule has 1 amide bonds. The van der Waals surface area contributed by atoms with Crippen LogP contribution in [-0.4, -0.2) is 73.2 Å². The molecular formula is C28H33N11O3. The van der Waals surface area contributed by atoms with Crippen LogP contribution < -0.4 is 25.4 Å². The molecule has 1 saturated heterocycles. The van der Waals surface area contributed by atoms with Crippen molar-refractivity contribution in [1.82, 2.24) is 40.2 Å². The fourth-order valence-electron chi connectivity index (χ4n) is 5.73. The Balaban J connectivity index is 0.995. The summed E-state index contributed by atoms with van der Waals surface area (Å²) in [7, 11) is 1.81. The number of amides is 1. The second-order valence-electron chi connectivity index (χ2n) is 12.0. The van der Waals surface area contributed by atoms with Crippen molar-refractivity contribution >= 4 is 17.7 Å². The Bertz CT molecular complexity index is 1540. The number of aryl methyl sites for hydroxylation is 1. The monoisotopic (exact) mass is 571 g/mol. The van der Waals surface area contributed by atoms with Crippen LogP contribution >= 0.6 is 0 Å². The SMILES string of the molecule is Cn1cc(-c2cnc(N)c(OCC3CCN(c4nc(OCC5(C#N)CC5)nc(C(=O)NC5CC6CC65)n4)CC3)c2)nn1. The third-order valence-electron chi connectivity index (χ3n) is 8.89. The summed E-state index contributed by atoms with van der Waals surface area (Å²) in [5.41, 5.74) is 7.09. The summed E-state index contributed by atoms with van der Waals surface area (Å²) < 4.78 is 13.6. The van der Waals surface area contributed by atoms with Gasteiger partial charge in [-0.3, -0.25) is 9.48 Å². The number of nitriles is 1. The van der Waals surface area contributed by atoms with Crippen LogP contribution in [0.5, 0.6) is 11.8 Å². The summed E-state index contributed by atoms with van der Waals surface area (Å²) in [6, 6.07) is 4.44. The van der Waals surface area contributed by atoms with E-state index in [1.54, 1.807) is 17.9 Å². The number of hydrogen-bond donors (Lipinski definition) is 2. The van der Waals surface area contributed by atoms with Crippen molar-refractivity contribution in [3.05, 3.63) is 24.3 Å². The number of nitrogens with zero attached hydrogens (tertiary/aromatic N) is 9. The smallest absolute Gasteiger partial charge is 0.322 e. The van der Waals surface area contributed by atoms with Gasteiger partial charge in [-0.15, -0.1) is 5.10 Å². The first-order chi connectivity index (χ1) is 20.4. The first-order valence-electron chi connectivity index (χ1n) is 14.5. The van der Waals surface area contributed by atoms with Crippen LogP contribution in [0.1, 0.15) is 49.1 Å². The zero-order valence-corrected chi connectivity index (χ0v) is 23.4. The standard InChI is InChI=1S/C28H33N11O3/c1-38-12-21(36-37-38)18-10-22(23(30)31-11-18)41-13-16-2-6-39(7-3-16)26-33-24(25(40)32-20-9-17-8-19(17)20)34-27(35-26)42-15-28(14-29)4-5-28/h10-12,16-17,19-20H,2-9,13,15H2,1H3,(H2,30,31)(H,32,40). The van der Waals surface area contributed by atoms with E-state index in [4.69, 9.17) is 15.2 Å². The minimum atomic E-state index is -0.479. The highest BCUT2D eigenvalue weighted by molar-refractivity contribution is 5.91. The van der Waals surface area contributed by atoms with Gasteiger partial charge in [0.15, 0.2) is 11.6 Å². The molecule has 3 N–H and O–H groups in total. The van der Waals surface area contributed by atoms with Gasteiger partial charge in [0, 0.05) is 37.9 Å². The van der Waals surface area contributed by atoms with Gasteiger partial charge in [-0.05, 0) is 62.3 Å². The Hall–Kier alpha value is -4.54. The lowest BCUT2D eigenvalue weighted by Gasteiger charge is -2.32. The van der Waals surface area contributed by atoms with E-state index < -0.39 is 5.41 Å². The van der Waals surface area contributed by atoms with E-state index in [2.05, 4.69) is 41.6 Å². The Labute approximate surface area is 242 Å². The molecule has 3 aliphatic carbocycles. The van der Waals surface area contributed by atoms with Gasteiger partial charge in [0.25, 0.3) is 5.91 Å². The van der Waals surface area contributed by atoms with Crippen LogP contribution in [-0.2, 0) is 7.05 Å². The van der Waals surface area contributed by atoms with Crippen molar-refractivity contribution in [3.63, 3.8) is 0 Å². The number of carbonyl (C=O) groups is 1. The molecule has 3 saturated carbocycles. The van der Waals surface area contributed by atoms with Crippen LogP contribution in [0.2, 0.25) is 0 Å². The van der Waals surface area contributed by atoms with Crippen LogP contribution in [0, 0.1) is 34.5 Å². The molecule has 4 heterocycles. The molecular weight excluding hydrogens is 538 g/mol. The van der Waals surface area contributed by atoms with Crippen LogP contribution in [0.15, 0.2) is 18.5 Å². The van der Waals surface area contributed by atoms with Crippen molar-refractivity contribution < 1.29 is 14.3 Å². The Morgan fingerprint density at radius 2 is 2.05 bits per heavy atom. The lowest BCUT2D eigenvalue weighted by atomic mass is 9.93. The highest BCUT2D eigenvalue weighted by Gasteiger charge is 2.54. The maximum absolute atomic E-state index is 13.1. The molecule has 0 bridgehead atoms. The van der Waals surface area contributed by atoms with E-state index in [-0.39, 0.29) is 36.3 Å². The van der Waals surface area contributed by atoms with Crippen molar-refractivity contribution in [2.24, 2.45) is 30.2 Å². The topological polar surface area (TPSA) is 183 Å². The maximum Gasteiger partial charge on any atom is 0.322 e. The molecule has 1 aliphatic heterocycles. The number of hydrogen-bond acceptors (Lipinski definition) is 12. The molecule has 7 rings (SSSR count). The number of pyridine rings is 1. The van der Waals surface area contributed by atoms with E-state index >= 15 is 0 Å². The minimum absolute atomic E-state index is 0.0531. The predicted octanol–water partition coefficient (Wildman–Crippen LogP) is 1.76. The molecule has 3 atom stereocenters. The van der Waals surface area contributed by atoms with Crippen molar-refractivity contribution in [2.75, 3.05) is 36.9 Å². The summed E-state index contributed by atoms with van der Waals surface area (Å²) >= 11 is 0. The fourth-order valence-corrected chi connectivity index (χ4v) is 5.73. The van der Waals surface area contributed by atoms with Crippen molar-refractivity contribution in [3.8, 4) is 29.1 Å². The number of fused-ring (bicyclic) bond motifs is 1. The maximum atomic E-state index is 13.1. The van der Waals surface area contributed by atoms with E-state index in [0.717, 1.165) is 43.6 Å². The van der Waals surface area contributed by atoms with Gasteiger partial charge >= 0.3 is 6.01 Å². The first-order valence-corrected chi connectivity index (χ1v) is 14.5. The van der Waals surface area contributed by atoms with Crippen LogP contribution in [0.25, 0.3) is 11.3 Å². The number of aromatic nitrogens is 7. The Morgan fingerprint density at radius 1 is 1.21 bits per heavy atom. The van der Waals surface area contributed by atoms with Gasteiger partial charge in [0.2, 0.25) is 11.8 Å². The molecule has 4 aliphatic rings. The molecule has 0 aromatic carbocycles. The number of carbonyl (C=O) groups excluding carboxylic acids is 1. The normalized spacial score (nSPS) is 23.7. The molecule has 218 valence electrons. The van der Waals surface area contributed by atoms with Crippen molar-refractivity contribution in [2.45, 2.75) is 44.6 Å². The first kappa shape index (κ1) is 26.4. The van der Waals surface area contributed by atoms with E-state index in [9.17, 15) is 10.1 Å². The van der Waals surface area contributed by atoms with Gasteiger partial charge in [0.1, 0.15) is 12.3 Å². The highest BCUT2D eigenvalue weighted by Crippen LogP contribution is 2.55. The van der Waals surface area contributed by atoms with Gasteiger partial charge < -0.3 is 25.4 Å². The Kier molecular flexibility index (Phi) is 6.52. The number of nitrogens with two attached hydrogens (primary N) is 1. The van der Waals surface area contributed by atoms with E-state index in [1.165, 1.54) is 6.42 Å². The second kappa shape index (κ2) is 10.4. The van der Waals surface area contributed by atoms with Gasteiger partial charge in [-0.1, -0.05) is 5.21 Å². The van der Waals surface area contributed by atoms with E-state index in [1.807, 2.05) is 17.2 Å². The molecule has 3 unspecified atom stereocenters. The average Bonchev–Trinajstić information content (AvgIpc) is 3.88. The highest BCUT2D eigenvalue weighted by atomic mass is 16.5. The quantitative estimate of drug-likeness (QED) is 0.360. The van der Waals surface area contributed by atoms with Gasteiger partial charge in [-0.25, -0.2) is 4.98 Å². The Morgan fingerprint density at radius 3 is 2.71 bits per heavy atom. The predicted molar refractivity (Wildman–Crippen MR) is 149 cm³/mol. The zero-order valence-electron chi connectivity index (χ0n) is 23.4. The number of nitrogen functional groups attached to an aromatic ring is 1. The number of anilines is 2. The second-order valence-corrected chi connectivity index (χ2v) is 12.0. The third-order valence-corrected chi connectivity index (χ3v) is 8.89. The largest absolute Gasteiger partial charge is 0.489 e. The summed E-state index contributed by atoms with van der Waals surface area (Å²) in [6.07, 6.45) is 8.93.